The molecule has 5 rings (SSSR count). The van der Waals surface area contributed by atoms with Gasteiger partial charge in [0.05, 0.1) is 0 Å². The van der Waals surface area contributed by atoms with Gasteiger partial charge in [-0.25, -0.2) is 0 Å². The molecule has 0 radical (unpaired) electrons. The third kappa shape index (κ3) is 2.71. The van der Waals surface area contributed by atoms with Crippen molar-refractivity contribution in [3.05, 3.63) is 108 Å². The van der Waals surface area contributed by atoms with Crippen molar-refractivity contribution in [1.82, 2.24) is 0 Å². The van der Waals surface area contributed by atoms with Crippen molar-refractivity contribution in [2.45, 2.75) is 25.7 Å². The maximum Gasteiger partial charge on any atom is 0.0497 e. The highest BCUT2D eigenvalue weighted by atomic mass is 15.2. The lowest BCUT2D eigenvalue weighted by Crippen LogP contribution is -2.14. The molecule has 0 saturated carbocycles. The molecule has 1 aliphatic heterocycles. The lowest BCUT2D eigenvalue weighted by molar-refractivity contribution is 0.819. The van der Waals surface area contributed by atoms with Crippen LogP contribution in [0.25, 0.3) is 11.1 Å². The fraction of sp³-hybridized carbons (Fsp3) is 0.154. The lowest BCUT2D eigenvalue weighted by atomic mass is 9.92. The van der Waals surface area contributed by atoms with Gasteiger partial charge in [0.25, 0.3) is 0 Å². The van der Waals surface area contributed by atoms with Crippen molar-refractivity contribution >= 4 is 11.4 Å². The molecule has 0 N–H and O–H groups in total. The Morgan fingerprint density at radius 1 is 0.852 bits per heavy atom. The summed E-state index contributed by atoms with van der Waals surface area (Å²) in [6.45, 7) is 2.19. The molecule has 1 heteroatoms. The molecule has 0 saturated heterocycles. The first-order valence-electron chi connectivity index (χ1n) is 9.80. The zero-order chi connectivity index (χ0) is 18.2. The number of nitrogens with zero attached hydrogens (tertiary/aromatic N) is 1. The number of allylic oxidation sites excluding steroid dienone is 4. The Morgan fingerprint density at radius 2 is 1.56 bits per heavy atom. The van der Waals surface area contributed by atoms with E-state index in [0.717, 1.165) is 12.8 Å². The number of aryl methyl sites for hydroxylation is 1. The van der Waals surface area contributed by atoms with E-state index in [9.17, 15) is 0 Å². The molecule has 0 amide bonds. The van der Waals surface area contributed by atoms with Gasteiger partial charge in [-0.2, -0.15) is 0 Å². The summed E-state index contributed by atoms with van der Waals surface area (Å²) in [5.74, 6) is 0.479. The predicted octanol–water partition coefficient (Wildman–Crippen LogP) is 7.00. The second-order valence-electron chi connectivity index (χ2n) is 7.30. The van der Waals surface area contributed by atoms with Gasteiger partial charge in [0.2, 0.25) is 0 Å². The Balaban J connectivity index is 1.52. The van der Waals surface area contributed by atoms with Gasteiger partial charge in [0.1, 0.15) is 0 Å². The first kappa shape index (κ1) is 16.1. The normalized spacial score (nSPS) is 17.4. The van der Waals surface area contributed by atoms with E-state index >= 15 is 0 Å². The van der Waals surface area contributed by atoms with Gasteiger partial charge in [-0.1, -0.05) is 73.7 Å². The minimum Gasteiger partial charge on any atom is -0.313 e. The molecule has 1 atom stereocenters. The van der Waals surface area contributed by atoms with Crippen LogP contribution in [-0.4, -0.2) is 0 Å². The first-order valence-corrected chi connectivity index (χ1v) is 9.80. The van der Waals surface area contributed by atoms with Crippen LogP contribution in [0.4, 0.5) is 11.4 Å². The molecular weight excluding hydrogens is 326 g/mol. The molecule has 2 aliphatic rings. The molecule has 0 fully saturated rings. The van der Waals surface area contributed by atoms with E-state index in [-0.39, 0.29) is 0 Å². The molecular formula is C26H23N. The summed E-state index contributed by atoms with van der Waals surface area (Å²) in [4.78, 5) is 2.42. The minimum atomic E-state index is 0.479. The molecule has 3 aromatic rings. The second-order valence-corrected chi connectivity index (χ2v) is 7.30. The molecule has 0 aromatic heterocycles. The van der Waals surface area contributed by atoms with Crippen molar-refractivity contribution in [3.8, 4) is 11.1 Å². The summed E-state index contributed by atoms with van der Waals surface area (Å²) in [6, 6.07) is 26.7. The van der Waals surface area contributed by atoms with Crippen molar-refractivity contribution in [3.63, 3.8) is 0 Å². The zero-order valence-corrected chi connectivity index (χ0v) is 15.6. The summed E-state index contributed by atoms with van der Waals surface area (Å²) >= 11 is 0. The summed E-state index contributed by atoms with van der Waals surface area (Å²) in [7, 11) is 0. The summed E-state index contributed by atoms with van der Waals surface area (Å²) in [6.07, 6.45) is 8.90. The van der Waals surface area contributed by atoms with Gasteiger partial charge < -0.3 is 4.90 Å². The van der Waals surface area contributed by atoms with Crippen LogP contribution in [0.15, 0.2) is 96.7 Å². The predicted molar refractivity (Wildman–Crippen MR) is 114 cm³/mol. The quantitative estimate of drug-likeness (QED) is 0.492. The van der Waals surface area contributed by atoms with Crippen LogP contribution >= 0.6 is 0 Å². The Bertz CT molecular complexity index is 1020. The highest BCUT2D eigenvalue weighted by molar-refractivity contribution is 5.80. The zero-order valence-electron chi connectivity index (χ0n) is 15.6. The third-order valence-electron chi connectivity index (χ3n) is 5.76. The van der Waals surface area contributed by atoms with Crippen LogP contribution in [0.3, 0.4) is 0 Å². The Labute approximate surface area is 161 Å². The van der Waals surface area contributed by atoms with Crippen molar-refractivity contribution in [2.75, 3.05) is 4.90 Å². The minimum absolute atomic E-state index is 0.479. The number of hydrogen-bond acceptors (Lipinski definition) is 1. The van der Waals surface area contributed by atoms with Crippen LogP contribution < -0.4 is 4.90 Å². The maximum absolute atomic E-state index is 2.42. The standard InChI is InChI=1S/C26H23N/c1-2-19-11-13-20(14-12-19)21-15-17-22(18-16-21)27-25-9-5-3-7-23(25)24-8-4-6-10-26(24)27/h3-7,9-18,24H,2,8H2,1H3. The lowest BCUT2D eigenvalue weighted by Gasteiger charge is -2.24. The van der Waals surface area contributed by atoms with Gasteiger partial charge in [-0.15, -0.1) is 0 Å². The number of hydrogen-bond donors (Lipinski definition) is 0. The smallest absolute Gasteiger partial charge is 0.0497 e. The largest absolute Gasteiger partial charge is 0.313 e. The first-order chi connectivity index (χ1) is 13.3. The highest BCUT2D eigenvalue weighted by Gasteiger charge is 2.34. The number of anilines is 2. The molecule has 1 unspecified atom stereocenters. The van der Waals surface area contributed by atoms with E-state index in [1.165, 1.54) is 39.3 Å². The van der Waals surface area contributed by atoms with Crippen LogP contribution in [0.1, 0.15) is 30.4 Å². The number of fused-ring (bicyclic) bond motifs is 3. The Morgan fingerprint density at radius 3 is 2.30 bits per heavy atom. The van der Waals surface area contributed by atoms with E-state index < -0.39 is 0 Å². The topological polar surface area (TPSA) is 3.24 Å². The van der Waals surface area contributed by atoms with Crippen molar-refractivity contribution in [2.24, 2.45) is 0 Å². The summed E-state index contributed by atoms with van der Waals surface area (Å²) in [5, 5.41) is 0. The van der Waals surface area contributed by atoms with E-state index in [2.05, 4.69) is 103 Å². The van der Waals surface area contributed by atoms with E-state index in [1.807, 2.05) is 0 Å². The van der Waals surface area contributed by atoms with Crippen molar-refractivity contribution < 1.29 is 0 Å². The summed E-state index contributed by atoms with van der Waals surface area (Å²) in [5.41, 5.74) is 9.30. The number of rotatable bonds is 3. The molecule has 0 bridgehead atoms. The fourth-order valence-corrected chi connectivity index (χ4v) is 4.28. The Hall–Kier alpha value is -3.06. The van der Waals surface area contributed by atoms with Gasteiger partial charge in [-0.05, 0) is 59.4 Å². The average molecular weight is 349 g/mol. The van der Waals surface area contributed by atoms with E-state index in [4.69, 9.17) is 0 Å². The van der Waals surface area contributed by atoms with E-state index in [1.54, 1.807) is 0 Å². The number of para-hydroxylation sites is 1. The van der Waals surface area contributed by atoms with Gasteiger partial charge >= 0.3 is 0 Å². The van der Waals surface area contributed by atoms with Crippen molar-refractivity contribution in [1.29, 1.82) is 0 Å². The van der Waals surface area contributed by atoms with Gasteiger partial charge in [0.15, 0.2) is 0 Å². The Kier molecular flexibility index (Phi) is 3.94. The van der Waals surface area contributed by atoms with Crippen LogP contribution in [-0.2, 0) is 6.42 Å². The third-order valence-corrected chi connectivity index (χ3v) is 5.76. The molecule has 1 nitrogen and oxygen atoms in total. The monoisotopic (exact) mass is 349 g/mol. The van der Waals surface area contributed by atoms with Crippen LogP contribution in [0, 0.1) is 0 Å². The summed E-state index contributed by atoms with van der Waals surface area (Å²) < 4.78 is 0. The number of benzene rings is 3. The molecule has 1 aliphatic carbocycles. The second kappa shape index (κ2) is 6.59. The van der Waals surface area contributed by atoms with Crippen LogP contribution in [0.5, 0.6) is 0 Å². The van der Waals surface area contributed by atoms with Gasteiger partial charge in [-0.3, -0.25) is 0 Å². The van der Waals surface area contributed by atoms with E-state index in [0.29, 0.717) is 5.92 Å². The average Bonchev–Trinajstić information content (AvgIpc) is 3.08. The molecule has 0 spiro atoms. The SMILES string of the molecule is CCc1ccc(-c2ccc(N3C4=CC=CCC4c4ccccc43)cc2)cc1. The molecule has 27 heavy (non-hydrogen) atoms. The maximum atomic E-state index is 2.42. The highest BCUT2D eigenvalue weighted by Crippen LogP contribution is 2.50. The van der Waals surface area contributed by atoms with Gasteiger partial charge in [0, 0.05) is 23.0 Å². The molecule has 3 aromatic carbocycles. The van der Waals surface area contributed by atoms with Crippen LogP contribution in [0.2, 0.25) is 0 Å². The fourth-order valence-electron chi connectivity index (χ4n) is 4.28. The molecule has 132 valence electrons. The molecule has 1 heterocycles.